The van der Waals surface area contributed by atoms with E-state index in [1.807, 2.05) is 11.3 Å². The molecule has 0 nitrogen and oxygen atoms in total. The lowest BCUT2D eigenvalue weighted by Gasteiger charge is -2.33. The molecule has 48 heavy (non-hydrogen) atoms. The Morgan fingerprint density at radius 3 is 1.29 bits per heavy atom. The normalized spacial score (nSPS) is 13.1. The fourth-order valence-corrected chi connectivity index (χ4v) is 9.22. The summed E-state index contributed by atoms with van der Waals surface area (Å²) in [5, 5.41) is 2.30. The van der Waals surface area contributed by atoms with Gasteiger partial charge in [-0.2, -0.15) is 0 Å². The van der Waals surface area contributed by atoms with Gasteiger partial charge in [-0.3, -0.25) is 0 Å². The predicted octanol–water partition coefficient (Wildman–Crippen LogP) is 15.0. The summed E-state index contributed by atoms with van der Waals surface area (Å²) in [6.45, 7) is 4.60. The minimum Gasteiger partial charge on any atom is -0.143 e. The molecule has 3 aromatic carbocycles. The average Bonchev–Trinajstić information content (AvgIpc) is 3.71. The lowest BCUT2D eigenvalue weighted by atomic mass is 9.68. The van der Waals surface area contributed by atoms with E-state index >= 15 is 0 Å². The smallest absolute Gasteiger partial charge is 0.0722 e. The highest BCUT2D eigenvalue weighted by atomic mass is 32.1. The van der Waals surface area contributed by atoms with Crippen LogP contribution in [0.25, 0.3) is 10.4 Å². The van der Waals surface area contributed by atoms with Crippen LogP contribution in [0.15, 0.2) is 84.2 Å². The SMILES string of the molecule is CCCCCCCCCCCCc1ccc(C2(c3ccc(CCCCCCCCCCCC)cc3)c3ccccc3-c3sccc32)cc1. The van der Waals surface area contributed by atoms with Crippen LogP contribution < -0.4 is 0 Å². The first-order valence-electron chi connectivity index (χ1n) is 20.2. The maximum atomic E-state index is 2.45. The van der Waals surface area contributed by atoms with E-state index in [-0.39, 0.29) is 5.41 Å². The molecule has 5 rings (SSSR count). The number of rotatable bonds is 24. The minimum atomic E-state index is -0.253. The van der Waals surface area contributed by atoms with Gasteiger partial charge >= 0.3 is 0 Å². The van der Waals surface area contributed by atoms with Crippen LogP contribution in [0.4, 0.5) is 0 Å². The number of aryl methyl sites for hydroxylation is 2. The van der Waals surface area contributed by atoms with Crippen LogP contribution in [0, 0.1) is 0 Å². The Labute approximate surface area is 298 Å². The van der Waals surface area contributed by atoms with Crippen molar-refractivity contribution in [1.82, 2.24) is 0 Å². The van der Waals surface area contributed by atoms with Gasteiger partial charge in [-0.05, 0) is 76.1 Å². The number of unbranched alkanes of at least 4 members (excludes halogenated alkanes) is 18. The van der Waals surface area contributed by atoms with E-state index in [0.717, 1.165) is 0 Å². The molecule has 0 aliphatic heterocycles. The van der Waals surface area contributed by atoms with Gasteiger partial charge < -0.3 is 0 Å². The van der Waals surface area contributed by atoms with Crippen molar-refractivity contribution in [2.45, 2.75) is 161 Å². The van der Waals surface area contributed by atoms with Crippen LogP contribution in [0.1, 0.15) is 176 Å². The van der Waals surface area contributed by atoms with Gasteiger partial charge in [-0.25, -0.2) is 0 Å². The van der Waals surface area contributed by atoms with Crippen molar-refractivity contribution < 1.29 is 0 Å². The maximum Gasteiger partial charge on any atom is 0.0722 e. The van der Waals surface area contributed by atoms with E-state index in [1.165, 1.54) is 185 Å². The number of thiophene rings is 1. The highest BCUT2D eigenvalue weighted by Gasteiger charge is 2.46. The van der Waals surface area contributed by atoms with E-state index in [1.54, 1.807) is 0 Å². The standard InChI is InChI=1S/C47H64S/c1-3-5-7-9-11-13-15-17-19-21-25-39-29-33-41(34-30-39)47(44-28-24-23-27-43(44)46-45(47)37-38-48-46)42-35-31-40(32-36-42)26-22-20-18-16-14-12-10-8-6-4-2/h23-24,27-38H,3-22,25-26H2,1-2H3. The second-order valence-corrected chi connectivity index (χ2v) is 15.6. The van der Waals surface area contributed by atoms with Crippen LogP contribution >= 0.6 is 11.3 Å². The summed E-state index contributed by atoms with van der Waals surface area (Å²) >= 11 is 1.90. The van der Waals surface area contributed by atoms with Gasteiger partial charge in [-0.15, -0.1) is 11.3 Å². The van der Waals surface area contributed by atoms with E-state index in [2.05, 4.69) is 98.1 Å². The number of fused-ring (bicyclic) bond motifs is 3. The topological polar surface area (TPSA) is 0 Å². The van der Waals surface area contributed by atoms with Crippen molar-refractivity contribution in [3.05, 3.63) is 118 Å². The van der Waals surface area contributed by atoms with E-state index in [0.29, 0.717) is 0 Å². The summed E-state index contributed by atoms with van der Waals surface area (Å²) in [5.74, 6) is 0. The highest BCUT2D eigenvalue weighted by Crippen LogP contribution is 2.57. The third-order valence-electron chi connectivity index (χ3n) is 11.1. The molecular weight excluding hydrogens is 597 g/mol. The van der Waals surface area contributed by atoms with Crippen LogP contribution in [-0.4, -0.2) is 0 Å². The molecule has 1 heteroatoms. The van der Waals surface area contributed by atoms with Gasteiger partial charge in [0, 0.05) is 4.88 Å². The van der Waals surface area contributed by atoms with Crippen LogP contribution in [0.5, 0.6) is 0 Å². The van der Waals surface area contributed by atoms with E-state index in [9.17, 15) is 0 Å². The van der Waals surface area contributed by atoms with Gasteiger partial charge in [0.25, 0.3) is 0 Å². The Kier molecular flexibility index (Phi) is 15.4. The van der Waals surface area contributed by atoms with Gasteiger partial charge in [0.2, 0.25) is 0 Å². The molecule has 0 saturated heterocycles. The summed E-state index contributed by atoms with van der Waals surface area (Å²) in [6.07, 6.45) is 30.3. The third kappa shape index (κ3) is 9.53. The average molecular weight is 661 g/mol. The van der Waals surface area contributed by atoms with Crippen molar-refractivity contribution >= 4 is 11.3 Å². The minimum absolute atomic E-state index is 0.253. The van der Waals surface area contributed by atoms with Gasteiger partial charge in [0.15, 0.2) is 0 Å². The molecule has 0 bridgehead atoms. The second kappa shape index (κ2) is 20.1. The molecule has 4 aromatic rings. The Morgan fingerprint density at radius 2 is 0.833 bits per heavy atom. The Hall–Kier alpha value is -2.64. The lowest BCUT2D eigenvalue weighted by molar-refractivity contribution is 0.556. The first-order chi connectivity index (χ1) is 23.8. The fourth-order valence-electron chi connectivity index (χ4n) is 8.23. The molecule has 0 fully saturated rings. The summed E-state index contributed by atoms with van der Waals surface area (Å²) in [4.78, 5) is 1.44. The molecule has 0 unspecified atom stereocenters. The first-order valence-corrected chi connectivity index (χ1v) is 21.0. The summed E-state index contributed by atoms with van der Waals surface area (Å²) in [7, 11) is 0. The largest absolute Gasteiger partial charge is 0.143 e. The fraction of sp³-hybridized carbons (Fsp3) is 0.532. The lowest BCUT2D eigenvalue weighted by Crippen LogP contribution is -2.28. The van der Waals surface area contributed by atoms with E-state index < -0.39 is 0 Å². The van der Waals surface area contributed by atoms with E-state index in [4.69, 9.17) is 0 Å². The van der Waals surface area contributed by atoms with Crippen molar-refractivity contribution in [3.63, 3.8) is 0 Å². The second-order valence-electron chi connectivity index (χ2n) is 14.7. The van der Waals surface area contributed by atoms with Crippen LogP contribution in [-0.2, 0) is 18.3 Å². The highest BCUT2D eigenvalue weighted by molar-refractivity contribution is 7.14. The molecule has 1 aliphatic carbocycles. The molecular formula is C47H64S. The van der Waals surface area contributed by atoms with Gasteiger partial charge in [-0.1, -0.05) is 202 Å². The number of hydrogen-bond acceptors (Lipinski definition) is 1. The molecule has 0 spiro atoms. The number of benzene rings is 3. The van der Waals surface area contributed by atoms with Crippen molar-refractivity contribution in [1.29, 1.82) is 0 Å². The Balaban J connectivity index is 1.21. The Morgan fingerprint density at radius 1 is 0.417 bits per heavy atom. The molecule has 1 heterocycles. The molecule has 258 valence electrons. The first kappa shape index (κ1) is 36.6. The zero-order valence-electron chi connectivity index (χ0n) is 30.5. The molecule has 1 aliphatic rings. The maximum absolute atomic E-state index is 2.45. The predicted molar refractivity (Wildman–Crippen MR) is 213 cm³/mol. The van der Waals surface area contributed by atoms with Crippen LogP contribution in [0.2, 0.25) is 0 Å². The molecule has 0 N–H and O–H groups in total. The third-order valence-corrected chi connectivity index (χ3v) is 12.0. The van der Waals surface area contributed by atoms with Gasteiger partial charge in [0.1, 0.15) is 0 Å². The molecule has 0 atom stereocenters. The Bertz CT molecular complexity index is 1370. The zero-order valence-corrected chi connectivity index (χ0v) is 31.4. The zero-order chi connectivity index (χ0) is 33.3. The molecule has 0 radical (unpaired) electrons. The summed E-state index contributed by atoms with van der Waals surface area (Å²) in [6, 6.07) is 31.1. The molecule has 1 aromatic heterocycles. The summed E-state index contributed by atoms with van der Waals surface area (Å²) < 4.78 is 0. The van der Waals surface area contributed by atoms with Crippen molar-refractivity contribution in [2.24, 2.45) is 0 Å². The van der Waals surface area contributed by atoms with Crippen molar-refractivity contribution in [3.8, 4) is 10.4 Å². The molecule has 0 amide bonds. The monoisotopic (exact) mass is 660 g/mol. The molecule has 0 saturated carbocycles. The quantitative estimate of drug-likeness (QED) is 0.0578. The summed E-state index contributed by atoms with van der Waals surface area (Å²) in [5.41, 5.74) is 9.83. The van der Waals surface area contributed by atoms with Crippen molar-refractivity contribution in [2.75, 3.05) is 0 Å². The van der Waals surface area contributed by atoms with Gasteiger partial charge in [0.05, 0.1) is 5.41 Å². The van der Waals surface area contributed by atoms with Crippen LogP contribution in [0.3, 0.4) is 0 Å². The number of hydrogen-bond donors (Lipinski definition) is 0.